The van der Waals surface area contributed by atoms with Crippen LogP contribution in [0.2, 0.25) is 0 Å². The van der Waals surface area contributed by atoms with Gasteiger partial charge < -0.3 is 20.4 Å². The fourth-order valence-corrected chi connectivity index (χ4v) is 4.03. The number of hydrogen-bond acceptors (Lipinski definition) is 6. The summed E-state index contributed by atoms with van der Waals surface area (Å²) < 4.78 is 0. The highest BCUT2D eigenvalue weighted by Gasteiger charge is 2.29. The second-order valence-electron chi connectivity index (χ2n) is 7.61. The van der Waals surface area contributed by atoms with Gasteiger partial charge in [0.25, 0.3) is 5.69 Å². The van der Waals surface area contributed by atoms with Gasteiger partial charge in [-0.25, -0.2) is 0 Å². The zero-order valence-corrected chi connectivity index (χ0v) is 16.4. The molecule has 0 saturated carbocycles. The summed E-state index contributed by atoms with van der Waals surface area (Å²) in [4.78, 5) is 51.8. The van der Waals surface area contributed by atoms with Gasteiger partial charge in [0.15, 0.2) is 0 Å². The Morgan fingerprint density at radius 1 is 1.16 bits per heavy atom. The van der Waals surface area contributed by atoms with Gasteiger partial charge in [-0.15, -0.1) is 0 Å². The largest absolute Gasteiger partial charge is 0.508 e. The van der Waals surface area contributed by atoms with Crippen LogP contribution in [0.1, 0.15) is 29.5 Å². The minimum absolute atomic E-state index is 0.109. The van der Waals surface area contributed by atoms with Crippen LogP contribution in [0.25, 0.3) is 11.0 Å². The number of phenols is 1. The fraction of sp³-hybridized carbons (Fsp3) is 0.286. The van der Waals surface area contributed by atoms with Gasteiger partial charge in [0, 0.05) is 24.1 Å². The van der Waals surface area contributed by atoms with Crippen LogP contribution in [0.4, 0.5) is 5.69 Å². The zero-order valence-electron chi connectivity index (χ0n) is 16.4. The van der Waals surface area contributed by atoms with Gasteiger partial charge in [0.1, 0.15) is 5.75 Å². The number of amides is 1. The van der Waals surface area contributed by atoms with Crippen molar-refractivity contribution in [3.63, 3.8) is 0 Å². The molecule has 0 saturated heterocycles. The van der Waals surface area contributed by atoms with Gasteiger partial charge in [-0.05, 0) is 48.9 Å². The number of nitro groups is 1. The molecule has 0 aliphatic heterocycles. The minimum atomic E-state index is -0.878. The Kier molecular flexibility index (Phi) is 5.28. The Morgan fingerprint density at radius 2 is 1.87 bits per heavy atom. The number of phenolic OH excluding ortho intramolecular Hbond substituents is 1. The van der Waals surface area contributed by atoms with E-state index in [4.69, 9.17) is 0 Å². The first-order chi connectivity index (χ1) is 14.8. The highest BCUT2D eigenvalue weighted by Crippen LogP contribution is 2.34. The minimum Gasteiger partial charge on any atom is -0.508 e. The Morgan fingerprint density at radius 3 is 2.58 bits per heavy atom. The maximum atomic E-state index is 12.4. The molecule has 31 heavy (non-hydrogen) atoms. The van der Waals surface area contributed by atoms with Gasteiger partial charge >= 0.3 is 11.1 Å². The smallest absolute Gasteiger partial charge is 0.314 e. The van der Waals surface area contributed by atoms with Crippen LogP contribution < -0.4 is 16.4 Å². The van der Waals surface area contributed by atoms with Gasteiger partial charge in [0.05, 0.1) is 16.0 Å². The van der Waals surface area contributed by atoms with Crippen LogP contribution in [0.3, 0.4) is 0 Å². The normalized spacial score (nSPS) is 15.4. The summed E-state index contributed by atoms with van der Waals surface area (Å²) in [7, 11) is 0. The van der Waals surface area contributed by atoms with Crippen LogP contribution in [0.15, 0.2) is 39.9 Å². The van der Waals surface area contributed by atoms with Crippen LogP contribution in [-0.2, 0) is 24.1 Å². The molecule has 1 unspecified atom stereocenters. The summed E-state index contributed by atoms with van der Waals surface area (Å²) in [5.74, 6) is 0.00735. The Hall–Kier alpha value is -3.95. The quantitative estimate of drug-likeness (QED) is 0.276. The number of carbonyl (C=O) groups is 1. The topological polar surface area (TPSA) is 158 Å². The molecule has 0 radical (unpaired) electrons. The first-order valence-electron chi connectivity index (χ1n) is 9.84. The molecule has 10 nitrogen and oxygen atoms in total. The third kappa shape index (κ3) is 4.18. The molecule has 1 atom stereocenters. The number of aromatic hydroxyl groups is 1. The van der Waals surface area contributed by atoms with Crippen molar-refractivity contribution in [2.24, 2.45) is 0 Å². The van der Waals surface area contributed by atoms with E-state index in [-0.39, 0.29) is 35.3 Å². The summed E-state index contributed by atoms with van der Waals surface area (Å²) in [6.45, 7) is 0. The molecular weight excluding hydrogens is 404 g/mol. The Labute approximate surface area is 175 Å². The molecule has 4 N–H and O–H groups in total. The lowest BCUT2D eigenvalue weighted by atomic mass is 9.86. The number of nitro benzene ring substituents is 1. The number of hydrogen-bond donors (Lipinski definition) is 4. The average Bonchev–Trinajstić information content (AvgIpc) is 2.74. The standard InChI is InChI=1S/C21H20N4O6/c26-13-5-1-11(2-6-13)3-8-18(27)22-12-4-7-14-15(9-12)19-16(10-17(14)25(30)31)23-20(28)21(29)24-19/h1-2,5-6,10,12,26H,3-4,7-9H2,(H,22,27)(H,23,28)(H,24,29). The van der Waals surface area contributed by atoms with Crippen LogP contribution in [0, 0.1) is 10.1 Å². The Balaban J connectivity index is 1.55. The molecule has 1 aliphatic carbocycles. The second kappa shape index (κ2) is 8.05. The van der Waals surface area contributed by atoms with Gasteiger partial charge in [-0.1, -0.05) is 12.1 Å². The highest BCUT2D eigenvalue weighted by atomic mass is 16.6. The van der Waals surface area contributed by atoms with Gasteiger partial charge in [0.2, 0.25) is 5.91 Å². The van der Waals surface area contributed by atoms with E-state index in [1.165, 1.54) is 6.07 Å². The fourth-order valence-electron chi connectivity index (χ4n) is 4.03. The van der Waals surface area contributed by atoms with Crippen molar-refractivity contribution >= 4 is 22.6 Å². The molecule has 4 rings (SSSR count). The van der Waals surface area contributed by atoms with E-state index in [2.05, 4.69) is 15.3 Å². The van der Waals surface area contributed by atoms with E-state index in [1.54, 1.807) is 24.3 Å². The van der Waals surface area contributed by atoms with Crippen molar-refractivity contribution in [3.05, 3.63) is 77.8 Å². The molecule has 1 aromatic heterocycles. The number of aromatic amines is 2. The molecule has 1 aliphatic rings. The van der Waals surface area contributed by atoms with Crippen LogP contribution in [0.5, 0.6) is 5.75 Å². The predicted octanol–water partition coefficient (Wildman–Crippen LogP) is 1.44. The molecule has 0 fully saturated rings. The molecule has 160 valence electrons. The monoisotopic (exact) mass is 424 g/mol. The maximum absolute atomic E-state index is 12.4. The summed E-state index contributed by atoms with van der Waals surface area (Å²) in [6.07, 6.45) is 1.97. The van der Waals surface area contributed by atoms with E-state index in [0.29, 0.717) is 42.3 Å². The zero-order chi connectivity index (χ0) is 22.1. The van der Waals surface area contributed by atoms with Crippen molar-refractivity contribution < 1.29 is 14.8 Å². The number of rotatable bonds is 5. The second-order valence-corrected chi connectivity index (χ2v) is 7.61. The van der Waals surface area contributed by atoms with E-state index in [0.717, 1.165) is 5.56 Å². The highest BCUT2D eigenvalue weighted by molar-refractivity contribution is 5.83. The lowest BCUT2D eigenvalue weighted by molar-refractivity contribution is -0.385. The number of aromatic nitrogens is 2. The first-order valence-corrected chi connectivity index (χ1v) is 9.84. The van der Waals surface area contributed by atoms with Crippen molar-refractivity contribution in [2.75, 3.05) is 0 Å². The molecule has 10 heteroatoms. The van der Waals surface area contributed by atoms with Crippen molar-refractivity contribution in [3.8, 4) is 5.75 Å². The summed E-state index contributed by atoms with van der Waals surface area (Å²) in [5.41, 5.74) is 0.720. The van der Waals surface area contributed by atoms with E-state index in [1.807, 2.05) is 0 Å². The third-order valence-electron chi connectivity index (χ3n) is 5.55. The Bertz CT molecular complexity index is 1290. The van der Waals surface area contributed by atoms with Gasteiger partial charge in [-0.2, -0.15) is 0 Å². The molecule has 1 heterocycles. The van der Waals surface area contributed by atoms with Crippen molar-refractivity contribution in [1.82, 2.24) is 15.3 Å². The number of H-pyrrole nitrogens is 2. The average molecular weight is 424 g/mol. The lowest BCUT2D eigenvalue weighted by Gasteiger charge is -2.26. The van der Waals surface area contributed by atoms with E-state index in [9.17, 15) is 29.6 Å². The van der Waals surface area contributed by atoms with E-state index >= 15 is 0 Å². The molecule has 3 aromatic rings. The number of nitrogens with one attached hydrogen (secondary N) is 3. The van der Waals surface area contributed by atoms with Crippen LogP contribution >= 0.6 is 0 Å². The molecule has 2 aromatic carbocycles. The van der Waals surface area contributed by atoms with Gasteiger partial charge in [-0.3, -0.25) is 24.5 Å². The van der Waals surface area contributed by atoms with Crippen molar-refractivity contribution in [2.45, 2.75) is 38.1 Å². The number of aryl methyl sites for hydroxylation is 1. The molecule has 0 bridgehead atoms. The summed E-state index contributed by atoms with van der Waals surface area (Å²) >= 11 is 0. The molecule has 1 amide bonds. The molecule has 0 spiro atoms. The van der Waals surface area contributed by atoms with Crippen molar-refractivity contribution in [1.29, 1.82) is 0 Å². The number of nitrogens with zero attached hydrogens (tertiary/aromatic N) is 1. The predicted molar refractivity (Wildman–Crippen MR) is 112 cm³/mol. The summed E-state index contributed by atoms with van der Waals surface area (Å²) in [5, 5.41) is 23.8. The molecular formula is C21H20N4O6. The third-order valence-corrected chi connectivity index (χ3v) is 5.55. The lowest BCUT2D eigenvalue weighted by Crippen LogP contribution is -2.39. The van der Waals surface area contributed by atoms with E-state index < -0.39 is 16.0 Å². The van der Waals surface area contributed by atoms with Crippen LogP contribution in [-0.4, -0.2) is 31.9 Å². The number of benzene rings is 2. The number of fused-ring (bicyclic) bond motifs is 3. The SMILES string of the molecule is O=C(CCc1ccc(O)cc1)NC1CCc2c([N+](=O)[O-])cc3[nH]c(=O)c(=O)[nH]c3c2C1. The summed E-state index contributed by atoms with van der Waals surface area (Å²) in [6, 6.07) is 7.65. The first kappa shape index (κ1) is 20.3. The maximum Gasteiger partial charge on any atom is 0.314 e. The number of carbonyl (C=O) groups excluding carboxylic acids is 1.